The number of phenols is 1. The monoisotopic (exact) mass is 396 g/mol. The van der Waals surface area contributed by atoms with Crippen LogP contribution in [0.25, 0.3) is 28.6 Å². The molecule has 5 nitrogen and oxygen atoms in total. The molecule has 29 heavy (non-hydrogen) atoms. The Morgan fingerprint density at radius 3 is 2.59 bits per heavy atom. The highest BCUT2D eigenvalue weighted by Gasteiger charge is 2.32. The van der Waals surface area contributed by atoms with Crippen molar-refractivity contribution in [3.8, 4) is 17.0 Å². The van der Waals surface area contributed by atoms with Gasteiger partial charge in [-0.15, -0.1) is 0 Å². The lowest BCUT2D eigenvalue weighted by atomic mass is 10.0. The van der Waals surface area contributed by atoms with E-state index in [-0.39, 0.29) is 11.1 Å². The number of aromatic hydroxyl groups is 1. The maximum Gasteiger partial charge on any atom is 0.416 e. The molecule has 3 aromatic heterocycles. The number of hydrogen-bond donors (Lipinski definition) is 1. The number of alkyl halides is 3. The number of fused-ring (bicyclic) bond motifs is 3. The molecule has 0 saturated carbocycles. The van der Waals surface area contributed by atoms with Gasteiger partial charge in [-0.2, -0.15) is 13.2 Å². The maximum absolute atomic E-state index is 13.0. The zero-order valence-electron chi connectivity index (χ0n) is 15.0. The van der Waals surface area contributed by atoms with E-state index in [1.165, 1.54) is 6.92 Å². The summed E-state index contributed by atoms with van der Waals surface area (Å²) < 4.78 is 46.0. The molecule has 2 bridgehead atoms. The van der Waals surface area contributed by atoms with Gasteiger partial charge in [0.15, 0.2) is 0 Å². The summed E-state index contributed by atoms with van der Waals surface area (Å²) in [5.74, 6) is -0.473. The molecule has 1 aliphatic heterocycles. The molecule has 144 valence electrons. The van der Waals surface area contributed by atoms with Gasteiger partial charge < -0.3 is 9.52 Å². The third-order valence-electron chi connectivity index (χ3n) is 4.77. The van der Waals surface area contributed by atoms with Crippen LogP contribution in [-0.4, -0.2) is 21.0 Å². The van der Waals surface area contributed by atoms with E-state index in [2.05, 4.69) is 10.1 Å². The van der Waals surface area contributed by atoms with Crippen LogP contribution in [0.5, 0.6) is 5.75 Å². The molecule has 0 radical (unpaired) electrons. The lowest BCUT2D eigenvalue weighted by Gasteiger charge is -2.12. The number of aryl methyl sites for hydroxylation is 1. The molecule has 0 fully saturated rings. The molecule has 0 amide bonds. The van der Waals surface area contributed by atoms with E-state index in [0.29, 0.717) is 17.2 Å². The molecule has 1 aromatic carbocycles. The molecule has 5 rings (SSSR count). The number of nitrogens with zero attached hydrogens (tertiary/aromatic N) is 3. The highest BCUT2D eigenvalue weighted by atomic mass is 19.4. The Morgan fingerprint density at radius 1 is 1.10 bits per heavy atom. The fourth-order valence-corrected chi connectivity index (χ4v) is 3.44. The Bertz CT molecular complexity index is 1390. The van der Waals surface area contributed by atoms with Crippen LogP contribution in [0.3, 0.4) is 0 Å². The Morgan fingerprint density at radius 2 is 1.93 bits per heavy atom. The fourth-order valence-electron chi connectivity index (χ4n) is 3.44. The number of benzene rings is 2. The Hall–Kier alpha value is -3.68. The van der Waals surface area contributed by atoms with E-state index in [1.54, 1.807) is 29.2 Å². The van der Waals surface area contributed by atoms with Crippen LogP contribution < -0.4 is 10.7 Å². The summed E-state index contributed by atoms with van der Waals surface area (Å²) in [5, 5.41) is 15.4. The summed E-state index contributed by atoms with van der Waals surface area (Å²) in [6.45, 7) is 1.51. The van der Waals surface area contributed by atoms with Gasteiger partial charge in [0.25, 0.3) is 0 Å². The average Bonchev–Trinajstić information content (AvgIpc) is 3.35. The number of pyridine rings is 1. The zero-order chi connectivity index (χ0) is 20.3. The number of halogens is 3. The van der Waals surface area contributed by atoms with Gasteiger partial charge in [0.1, 0.15) is 16.9 Å². The van der Waals surface area contributed by atoms with Gasteiger partial charge in [0, 0.05) is 10.7 Å². The van der Waals surface area contributed by atoms with E-state index in [1.807, 2.05) is 18.2 Å². The van der Waals surface area contributed by atoms with Crippen LogP contribution in [0.2, 0.25) is 0 Å². The van der Waals surface area contributed by atoms with Gasteiger partial charge in [0.2, 0.25) is 17.9 Å². The number of hydrogen-bond acceptors (Lipinski definition) is 4. The van der Waals surface area contributed by atoms with Crippen LogP contribution in [-0.2, 0) is 6.18 Å². The number of phenolic OH excluding ortho intramolecular Hbond substituents is 1. The topological polar surface area (TPSA) is 61.6 Å². The van der Waals surface area contributed by atoms with Gasteiger partial charge in [-0.25, -0.2) is 4.98 Å². The smallest absolute Gasteiger partial charge is 0.416 e. The fraction of sp³-hybridized carbons (Fsp3) is 0.0952. The van der Waals surface area contributed by atoms with Gasteiger partial charge in [-0.1, -0.05) is 4.68 Å². The van der Waals surface area contributed by atoms with Crippen molar-refractivity contribution in [2.24, 2.45) is 5.10 Å². The van der Waals surface area contributed by atoms with Gasteiger partial charge in [0.05, 0.1) is 22.0 Å². The largest absolute Gasteiger partial charge is 0.507 e. The van der Waals surface area contributed by atoms with Crippen molar-refractivity contribution in [2.75, 3.05) is 0 Å². The van der Waals surface area contributed by atoms with Crippen LogP contribution in [0, 0.1) is 6.92 Å². The summed E-state index contributed by atoms with van der Waals surface area (Å²) in [6.07, 6.45) is -0.947. The molecule has 0 spiro atoms. The number of aromatic nitrogens is 1. The summed E-state index contributed by atoms with van der Waals surface area (Å²) >= 11 is 0. The van der Waals surface area contributed by atoms with Crippen molar-refractivity contribution in [3.05, 3.63) is 69.9 Å². The van der Waals surface area contributed by atoms with Crippen LogP contribution in [0.4, 0.5) is 13.2 Å². The second-order valence-corrected chi connectivity index (χ2v) is 6.83. The number of rotatable bonds is 2. The van der Waals surface area contributed by atoms with E-state index in [0.717, 1.165) is 28.0 Å². The second kappa shape index (κ2) is 5.91. The van der Waals surface area contributed by atoms with E-state index < -0.39 is 17.5 Å². The molecule has 4 heterocycles. The van der Waals surface area contributed by atoms with Gasteiger partial charge >= 0.3 is 6.18 Å². The highest BCUT2D eigenvalue weighted by molar-refractivity contribution is 5.90. The molecule has 0 aliphatic carbocycles. The normalized spacial score (nSPS) is 15.0. The standard InChI is InChI=1S/C21H12F3N3O2/c1-11-6-14(21(22,23)24)8-17(28)19(11)16-4-2-12-9-27(26-20(12)25-16)10-13-7-15-3-5-18(13)29-15/h2-10H,1H3/p+1/b27-10+. The number of furan rings is 2. The minimum Gasteiger partial charge on any atom is -0.507 e. The summed E-state index contributed by atoms with van der Waals surface area (Å²) in [6, 6.07) is 10.8. The molecule has 1 N–H and O–H groups in total. The van der Waals surface area contributed by atoms with Crippen molar-refractivity contribution in [1.29, 1.82) is 0 Å². The predicted octanol–water partition coefficient (Wildman–Crippen LogP) is 3.38. The first-order valence-corrected chi connectivity index (χ1v) is 8.72. The Labute approximate surface area is 161 Å². The molecular weight excluding hydrogens is 383 g/mol. The lowest BCUT2D eigenvalue weighted by Crippen LogP contribution is -2.25. The first-order chi connectivity index (χ1) is 13.8. The van der Waals surface area contributed by atoms with Crippen molar-refractivity contribution in [1.82, 2.24) is 4.98 Å². The predicted molar refractivity (Wildman–Crippen MR) is 99.1 cm³/mol. The molecule has 4 aromatic rings. The zero-order valence-corrected chi connectivity index (χ0v) is 15.0. The average molecular weight is 396 g/mol. The maximum atomic E-state index is 13.0. The van der Waals surface area contributed by atoms with Gasteiger partial charge in [-0.3, -0.25) is 0 Å². The first kappa shape index (κ1) is 17.4. The van der Waals surface area contributed by atoms with Gasteiger partial charge in [-0.05, 0) is 55.0 Å². The molecule has 1 aliphatic rings. The minimum absolute atomic E-state index is 0.250. The molecular formula is C21H13F3N3O2+. The lowest BCUT2D eigenvalue weighted by molar-refractivity contribution is -0.421. The van der Waals surface area contributed by atoms with E-state index >= 15 is 0 Å². The molecule has 0 unspecified atom stereocenters. The second-order valence-electron chi connectivity index (χ2n) is 6.83. The Kier molecular flexibility index (Phi) is 3.55. The molecule has 0 atom stereocenters. The van der Waals surface area contributed by atoms with Crippen molar-refractivity contribution in [2.45, 2.75) is 13.1 Å². The van der Waals surface area contributed by atoms with Crippen molar-refractivity contribution < 1.29 is 27.4 Å². The molecule has 0 saturated heterocycles. The molecule has 8 heteroatoms. The summed E-state index contributed by atoms with van der Waals surface area (Å²) in [5.41, 5.74) is 2.79. The summed E-state index contributed by atoms with van der Waals surface area (Å²) in [4.78, 5) is 4.43. The first-order valence-electron chi connectivity index (χ1n) is 8.72. The third-order valence-corrected chi connectivity index (χ3v) is 4.77. The quantitative estimate of drug-likeness (QED) is 0.529. The van der Waals surface area contributed by atoms with Crippen LogP contribution >= 0.6 is 0 Å². The van der Waals surface area contributed by atoms with E-state index in [4.69, 9.17) is 4.42 Å². The van der Waals surface area contributed by atoms with Crippen molar-refractivity contribution >= 4 is 23.6 Å². The van der Waals surface area contributed by atoms with E-state index in [9.17, 15) is 18.3 Å². The van der Waals surface area contributed by atoms with Crippen LogP contribution in [0.1, 0.15) is 16.7 Å². The van der Waals surface area contributed by atoms with Crippen molar-refractivity contribution in [3.63, 3.8) is 0 Å². The minimum atomic E-state index is -4.53. The highest BCUT2D eigenvalue weighted by Crippen LogP contribution is 2.38. The Balaban J connectivity index is 1.57. The SMILES string of the molecule is Cc1cc(C(F)(F)F)cc(O)c1-c1ccc2c(n1)=N/[N+](=C/c1cc3ccc1o3)C=2. The van der Waals surface area contributed by atoms with Crippen LogP contribution in [0.15, 0.2) is 52.0 Å². The summed E-state index contributed by atoms with van der Waals surface area (Å²) in [7, 11) is 0. The third kappa shape index (κ3) is 2.93.